The number of hydrogen-bond acceptors (Lipinski definition) is 4. The summed E-state index contributed by atoms with van der Waals surface area (Å²) in [6.45, 7) is 0. The molecule has 1 atom stereocenters. The Hall–Kier alpha value is -2.24. The molecule has 1 aliphatic rings. The molecule has 0 bridgehead atoms. The molecule has 0 aromatic heterocycles. The van der Waals surface area contributed by atoms with Gasteiger partial charge < -0.3 is 9.84 Å². The number of rotatable bonds is 4. The third-order valence-corrected chi connectivity index (χ3v) is 4.35. The summed E-state index contributed by atoms with van der Waals surface area (Å²) in [5.74, 6) is -0.312. The van der Waals surface area contributed by atoms with Crippen LogP contribution in [0.3, 0.4) is 0 Å². The standard InChI is InChI=1S/C17H14Cl2N2O3/c1-24-12-5-2-10(3-6-12)16-9-14(17(22)23)20-21(16)15-7-4-11(18)8-13(15)19/h2-8,16H,9H2,1H3,(H,22,23). The van der Waals surface area contributed by atoms with Crippen molar-refractivity contribution in [3.63, 3.8) is 0 Å². The topological polar surface area (TPSA) is 62.1 Å². The van der Waals surface area contributed by atoms with Gasteiger partial charge in [-0.05, 0) is 35.9 Å². The minimum Gasteiger partial charge on any atom is -0.497 e. The zero-order chi connectivity index (χ0) is 17.3. The van der Waals surface area contributed by atoms with Crippen molar-refractivity contribution in [3.05, 3.63) is 58.1 Å². The molecule has 0 aliphatic carbocycles. The molecule has 1 N–H and O–H groups in total. The minimum atomic E-state index is -1.04. The van der Waals surface area contributed by atoms with Crippen molar-refractivity contribution in [2.75, 3.05) is 12.1 Å². The molecule has 7 heteroatoms. The van der Waals surface area contributed by atoms with Gasteiger partial charge in [-0.1, -0.05) is 35.3 Å². The zero-order valence-corrected chi connectivity index (χ0v) is 14.3. The van der Waals surface area contributed by atoms with Crippen LogP contribution in [0.15, 0.2) is 47.6 Å². The Labute approximate surface area is 149 Å². The smallest absolute Gasteiger partial charge is 0.352 e. The lowest BCUT2D eigenvalue weighted by Gasteiger charge is -2.25. The van der Waals surface area contributed by atoms with Gasteiger partial charge in [0.1, 0.15) is 11.5 Å². The Morgan fingerprint density at radius 1 is 1.25 bits per heavy atom. The summed E-state index contributed by atoms with van der Waals surface area (Å²) in [6, 6.07) is 12.2. The lowest BCUT2D eigenvalue weighted by molar-refractivity contribution is -0.129. The molecule has 1 aliphatic heterocycles. The Bertz CT molecular complexity index is 806. The van der Waals surface area contributed by atoms with Crippen LogP contribution in [0.2, 0.25) is 10.0 Å². The third kappa shape index (κ3) is 3.18. The highest BCUT2D eigenvalue weighted by atomic mass is 35.5. The van der Waals surface area contributed by atoms with Crippen LogP contribution < -0.4 is 9.75 Å². The first kappa shape index (κ1) is 16.6. The molecule has 5 nitrogen and oxygen atoms in total. The van der Waals surface area contributed by atoms with Crippen molar-refractivity contribution in [1.29, 1.82) is 0 Å². The molecule has 0 radical (unpaired) electrons. The lowest BCUT2D eigenvalue weighted by atomic mass is 10.0. The predicted octanol–water partition coefficient (Wildman–Crippen LogP) is 4.39. The average molecular weight is 365 g/mol. The molecule has 0 saturated heterocycles. The summed E-state index contributed by atoms with van der Waals surface area (Å²) in [6.07, 6.45) is 0.278. The molecule has 0 amide bonds. The monoisotopic (exact) mass is 364 g/mol. The number of ether oxygens (including phenoxy) is 1. The van der Waals surface area contributed by atoms with E-state index < -0.39 is 5.97 Å². The van der Waals surface area contributed by atoms with Crippen LogP contribution in [0.4, 0.5) is 5.69 Å². The van der Waals surface area contributed by atoms with Crippen LogP contribution in [0.25, 0.3) is 0 Å². The Kier molecular flexibility index (Phi) is 4.64. The van der Waals surface area contributed by atoms with Gasteiger partial charge in [-0.15, -0.1) is 0 Å². The van der Waals surface area contributed by atoms with Crippen molar-refractivity contribution >= 4 is 40.6 Å². The number of aliphatic carboxylic acids is 1. The molecular formula is C17H14Cl2N2O3. The molecule has 124 valence electrons. The summed E-state index contributed by atoms with van der Waals surface area (Å²) in [4.78, 5) is 11.4. The number of anilines is 1. The Morgan fingerprint density at radius 2 is 1.96 bits per heavy atom. The highest BCUT2D eigenvalue weighted by molar-refractivity contribution is 6.38. The van der Waals surface area contributed by atoms with Crippen molar-refractivity contribution in [2.45, 2.75) is 12.5 Å². The molecule has 3 rings (SSSR count). The van der Waals surface area contributed by atoms with Gasteiger partial charge in [0, 0.05) is 11.4 Å². The number of halogens is 2. The first-order chi connectivity index (χ1) is 11.5. The number of carbonyl (C=O) groups is 1. The molecule has 1 heterocycles. The van der Waals surface area contributed by atoms with Gasteiger partial charge in [0.15, 0.2) is 0 Å². The summed E-state index contributed by atoms with van der Waals surface area (Å²) in [7, 11) is 1.59. The summed E-state index contributed by atoms with van der Waals surface area (Å²) >= 11 is 12.2. The largest absolute Gasteiger partial charge is 0.497 e. The first-order valence-corrected chi connectivity index (χ1v) is 7.94. The van der Waals surface area contributed by atoms with Gasteiger partial charge >= 0.3 is 5.97 Å². The maximum absolute atomic E-state index is 11.4. The van der Waals surface area contributed by atoms with E-state index in [1.807, 2.05) is 24.3 Å². The maximum atomic E-state index is 11.4. The van der Waals surface area contributed by atoms with Crippen molar-refractivity contribution < 1.29 is 14.6 Å². The zero-order valence-electron chi connectivity index (χ0n) is 12.7. The summed E-state index contributed by atoms with van der Waals surface area (Å²) < 4.78 is 5.16. The van der Waals surface area contributed by atoms with Crippen molar-refractivity contribution in [1.82, 2.24) is 0 Å². The van der Waals surface area contributed by atoms with Gasteiger partial charge in [0.05, 0.1) is 23.9 Å². The highest BCUT2D eigenvalue weighted by Gasteiger charge is 2.33. The Balaban J connectivity index is 2.02. The molecule has 24 heavy (non-hydrogen) atoms. The molecule has 0 fully saturated rings. The van der Waals surface area contributed by atoms with Gasteiger partial charge in [0.2, 0.25) is 0 Å². The van der Waals surface area contributed by atoms with Gasteiger partial charge in [-0.2, -0.15) is 5.10 Å². The summed E-state index contributed by atoms with van der Waals surface area (Å²) in [5.41, 5.74) is 1.61. The van der Waals surface area contributed by atoms with E-state index in [0.717, 1.165) is 11.3 Å². The third-order valence-electron chi connectivity index (χ3n) is 3.81. The highest BCUT2D eigenvalue weighted by Crippen LogP contribution is 2.39. The maximum Gasteiger partial charge on any atom is 0.352 e. The molecule has 1 unspecified atom stereocenters. The summed E-state index contributed by atoms with van der Waals surface area (Å²) in [5, 5.41) is 16.1. The second kappa shape index (κ2) is 6.71. The Morgan fingerprint density at radius 3 is 2.54 bits per heavy atom. The second-order valence-electron chi connectivity index (χ2n) is 5.29. The predicted molar refractivity (Wildman–Crippen MR) is 94.4 cm³/mol. The fourth-order valence-corrected chi connectivity index (χ4v) is 3.11. The van der Waals surface area contributed by atoms with Crippen LogP contribution in [0.1, 0.15) is 18.0 Å². The first-order valence-electron chi connectivity index (χ1n) is 7.18. The molecule has 0 spiro atoms. The molecule has 2 aromatic carbocycles. The number of carboxylic acids is 1. The van der Waals surface area contributed by atoms with Crippen LogP contribution in [-0.2, 0) is 4.79 Å². The van der Waals surface area contributed by atoms with Crippen LogP contribution in [0.5, 0.6) is 5.75 Å². The van der Waals surface area contributed by atoms with Crippen molar-refractivity contribution in [3.8, 4) is 5.75 Å². The van der Waals surface area contributed by atoms with Crippen LogP contribution >= 0.6 is 23.2 Å². The van der Waals surface area contributed by atoms with E-state index >= 15 is 0 Å². The average Bonchev–Trinajstić information content (AvgIpc) is 3.00. The molecule has 2 aromatic rings. The number of nitrogens with zero attached hydrogens (tertiary/aromatic N) is 2. The van der Waals surface area contributed by atoms with E-state index in [1.54, 1.807) is 30.3 Å². The van der Waals surface area contributed by atoms with Crippen molar-refractivity contribution in [2.24, 2.45) is 5.10 Å². The number of carboxylic acid groups (broad SMARTS) is 1. The van der Waals surface area contributed by atoms with E-state index in [-0.39, 0.29) is 18.2 Å². The van der Waals surface area contributed by atoms with Crippen LogP contribution in [-0.4, -0.2) is 23.9 Å². The lowest BCUT2D eigenvalue weighted by Crippen LogP contribution is -2.19. The van der Waals surface area contributed by atoms with E-state index in [1.165, 1.54) is 0 Å². The van der Waals surface area contributed by atoms with E-state index in [9.17, 15) is 9.90 Å². The SMILES string of the molecule is COc1ccc(C2CC(C(=O)O)=NN2c2ccc(Cl)cc2Cl)cc1. The second-order valence-corrected chi connectivity index (χ2v) is 6.13. The number of benzene rings is 2. The number of methoxy groups -OCH3 is 1. The fraction of sp³-hybridized carbons (Fsp3) is 0.176. The molecule has 0 saturated carbocycles. The van der Waals surface area contributed by atoms with Gasteiger partial charge in [-0.3, -0.25) is 5.01 Å². The number of hydrazone groups is 1. The van der Waals surface area contributed by atoms with E-state index in [4.69, 9.17) is 27.9 Å². The molecular weight excluding hydrogens is 351 g/mol. The number of hydrogen-bond donors (Lipinski definition) is 1. The van der Waals surface area contributed by atoms with Crippen LogP contribution in [0, 0.1) is 0 Å². The quantitative estimate of drug-likeness (QED) is 0.873. The van der Waals surface area contributed by atoms with E-state index in [2.05, 4.69) is 5.10 Å². The van der Waals surface area contributed by atoms with Gasteiger partial charge in [-0.25, -0.2) is 4.79 Å². The van der Waals surface area contributed by atoms with E-state index in [0.29, 0.717) is 15.7 Å². The normalized spacial score (nSPS) is 16.9. The fourth-order valence-electron chi connectivity index (χ4n) is 2.61. The minimum absolute atomic E-state index is 0.0850. The van der Waals surface area contributed by atoms with Gasteiger partial charge in [0.25, 0.3) is 0 Å².